The fourth-order valence-corrected chi connectivity index (χ4v) is 5.54. The van der Waals surface area contributed by atoms with E-state index in [2.05, 4.69) is 17.6 Å². The Morgan fingerprint density at radius 2 is 2.11 bits per heavy atom. The maximum Gasteiger partial charge on any atom is 0.256 e. The smallest absolute Gasteiger partial charge is 0.256 e. The van der Waals surface area contributed by atoms with E-state index in [-0.39, 0.29) is 12.1 Å². The Morgan fingerprint density at radius 1 is 1.22 bits per heavy atom. The van der Waals surface area contributed by atoms with Gasteiger partial charge in [0, 0.05) is 15.5 Å². The molecule has 0 unspecified atom stereocenters. The van der Waals surface area contributed by atoms with Crippen molar-refractivity contribution in [1.29, 1.82) is 0 Å². The van der Waals surface area contributed by atoms with Gasteiger partial charge in [0.05, 0.1) is 5.56 Å². The molecule has 0 radical (unpaired) electrons. The lowest BCUT2D eigenvalue weighted by molar-refractivity contribution is 0.0930. The summed E-state index contributed by atoms with van der Waals surface area (Å²) in [4.78, 5) is 14.1. The molecule has 6 heteroatoms. The zero-order chi connectivity index (χ0) is 18.5. The minimum atomic E-state index is -0.365. The average Bonchev–Trinajstić information content (AvgIpc) is 3.26. The number of rotatable bonds is 2. The molecular formula is C21H19ClN2O2S. The summed E-state index contributed by atoms with van der Waals surface area (Å²) in [6, 6.07) is 11.3. The van der Waals surface area contributed by atoms with Crippen LogP contribution in [0.1, 0.15) is 46.1 Å². The monoisotopic (exact) mass is 398 g/mol. The van der Waals surface area contributed by atoms with Gasteiger partial charge in [-0.15, -0.1) is 11.3 Å². The number of hydrogen-bond acceptors (Lipinski definition) is 4. The van der Waals surface area contributed by atoms with Crippen molar-refractivity contribution in [2.75, 3.05) is 5.32 Å². The minimum absolute atomic E-state index is 0.0125. The molecule has 0 saturated carbocycles. The van der Waals surface area contributed by atoms with E-state index in [1.54, 1.807) is 11.3 Å². The molecule has 138 valence electrons. The first-order valence-electron chi connectivity index (χ1n) is 9.16. The molecule has 1 aliphatic heterocycles. The Hall–Kier alpha value is -2.24. The van der Waals surface area contributed by atoms with Crippen molar-refractivity contribution in [3.05, 3.63) is 63.2 Å². The van der Waals surface area contributed by atoms with Gasteiger partial charge in [0.1, 0.15) is 16.5 Å². The van der Waals surface area contributed by atoms with E-state index >= 15 is 0 Å². The van der Waals surface area contributed by atoms with E-state index in [9.17, 15) is 4.79 Å². The molecule has 2 aromatic heterocycles. The molecule has 1 aromatic carbocycles. The number of thiophene rings is 1. The third-order valence-electron chi connectivity index (χ3n) is 5.31. The number of carbonyl (C=O) groups excluding carboxylic acids is 1. The second kappa shape index (κ2) is 6.43. The fourth-order valence-electron chi connectivity index (χ4n) is 3.91. The van der Waals surface area contributed by atoms with Crippen LogP contribution in [0.4, 0.5) is 5.00 Å². The standard InChI is InChI=1S/C21H19ClN2O2S/c1-11-5-6-14-17(9-11)27-21-18(14)20(25)23-19(24-21)16-8-7-15(26-16)12-3-2-4-13(22)10-12/h2-4,7-8,10-11,19,24H,5-6,9H2,1H3,(H,23,25)/t11-,19+/m0/s1. The van der Waals surface area contributed by atoms with Crippen LogP contribution in [0.15, 0.2) is 40.8 Å². The zero-order valence-corrected chi connectivity index (χ0v) is 16.4. The summed E-state index contributed by atoms with van der Waals surface area (Å²) in [5.74, 6) is 2.08. The fraction of sp³-hybridized carbons (Fsp3) is 0.286. The predicted molar refractivity (Wildman–Crippen MR) is 108 cm³/mol. The number of anilines is 1. The second-order valence-electron chi connectivity index (χ2n) is 7.32. The summed E-state index contributed by atoms with van der Waals surface area (Å²) in [7, 11) is 0. The number of benzene rings is 1. The SMILES string of the molecule is C[C@H]1CCc2c(sc3c2C(=O)N[C@@H](c2ccc(-c4cccc(Cl)c4)o2)N3)C1. The first-order chi connectivity index (χ1) is 13.1. The molecule has 0 fully saturated rings. The summed E-state index contributed by atoms with van der Waals surface area (Å²) >= 11 is 7.79. The topological polar surface area (TPSA) is 54.3 Å². The van der Waals surface area contributed by atoms with Crippen LogP contribution in [0.3, 0.4) is 0 Å². The highest BCUT2D eigenvalue weighted by Gasteiger charge is 2.34. The molecule has 4 nitrogen and oxygen atoms in total. The molecule has 27 heavy (non-hydrogen) atoms. The van der Waals surface area contributed by atoms with Crippen LogP contribution >= 0.6 is 22.9 Å². The molecule has 0 bridgehead atoms. The van der Waals surface area contributed by atoms with Crippen LogP contribution < -0.4 is 10.6 Å². The number of nitrogens with one attached hydrogen (secondary N) is 2. The van der Waals surface area contributed by atoms with Gasteiger partial charge in [-0.3, -0.25) is 4.79 Å². The van der Waals surface area contributed by atoms with Gasteiger partial charge in [0.25, 0.3) is 5.91 Å². The van der Waals surface area contributed by atoms with E-state index in [1.807, 2.05) is 36.4 Å². The Labute approximate surface area is 166 Å². The van der Waals surface area contributed by atoms with Crippen LogP contribution in [-0.4, -0.2) is 5.91 Å². The molecule has 1 amide bonds. The number of fused-ring (bicyclic) bond motifs is 3. The second-order valence-corrected chi connectivity index (χ2v) is 8.86. The lowest BCUT2D eigenvalue weighted by Crippen LogP contribution is -2.38. The first-order valence-corrected chi connectivity index (χ1v) is 10.4. The number of halogens is 1. The molecule has 5 rings (SSSR count). The predicted octanol–water partition coefficient (Wildman–Crippen LogP) is 5.64. The van der Waals surface area contributed by atoms with Crippen molar-refractivity contribution < 1.29 is 9.21 Å². The summed E-state index contributed by atoms with van der Waals surface area (Å²) in [5.41, 5.74) is 2.98. The summed E-state index contributed by atoms with van der Waals surface area (Å²) in [6.45, 7) is 2.28. The summed E-state index contributed by atoms with van der Waals surface area (Å²) < 4.78 is 6.02. The number of carbonyl (C=O) groups is 1. The molecule has 2 aliphatic rings. The average molecular weight is 399 g/mol. The maximum atomic E-state index is 12.8. The van der Waals surface area contributed by atoms with Gasteiger partial charge in [-0.1, -0.05) is 30.7 Å². The van der Waals surface area contributed by atoms with Crippen LogP contribution in [0.5, 0.6) is 0 Å². The molecule has 0 saturated heterocycles. The largest absolute Gasteiger partial charge is 0.457 e. The third-order valence-corrected chi connectivity index (χ3v) is 6.73. The number of amides is 1. The van der Waals surface area contributed by atoms with Gasteiger partial charge in [-0.25, -0.2) is 0 Å². The van der Waals surface area contributed by atoms with Crippen molar-refractivity contribution >= 4 is 33.8 Å². The Bertz CT molecular complexity index is 1040. The Kier molecular flexibility index (Phi) is 4.02. The van der Waals surface area contributed by atoms with Gasteiger partial charge in [0.2, 0.25) is 0 Å². The van der Waals surface area contributed by atoms with Crippen LogP contribution in [-0.2, 0) is 12.8 Å². The quantitative estimate of drug-likeness (QED) is 0.587. The van der Waals surface area contributed by atoms with Crippen molar-refractivity contribution in [2.24, 2.45) is 5.92 Å². The van der Waals surface area contributed by atoms with Gasteiger partial charge < -0.3 is 15.1 Å². The van der Waals surface area contributed by atoms with E-state index in [4.69, 9.17) is 16.0 Å². The van der Waals surface area contributed by atoms with Crippen LogP contribution in [0, 0.1) is 5.92 Å². The Morgan fingerprint density at radius 3 is 2.96 bits per heavy atom. The normalized spacial score (nSPS) is 21.2. The van der Waals surface area contributed by atoms with Crippen molar-refractivity contribution in [3.63, 3.8) is 0 Å². The van der Waals surface area contributed by atoms with Gasteiger partial charge >= 0.3 is 0 Å². The number of hydrogen-bond donors (Lipinski definition) is 2. The highest BCUT2D eigenvalue weighted by Crippen LogP contribution is 2.42. The van der Waals surface area contributed by atoms with Gasteiger partial charge in [-0.05, 0) is 55.0 Å². The van der Waals surface area contributed by atoms with Crippen LogP contribution in [0.25, 0.3) is 11.3 Å². The molecule has 0 spiro atoms. The first kappa shape index (κ1) is 16.9. The zero-order valence-electron chi connectivity index (χ0n) is 14.8. The highest BCUT2D eigenvalue weighted by molar-refractivity contribution is 7.16. The maximum absolute atomic E-state index is 12.8. The molecule has 1 aliphatic carbocycles. The molecule has 2 N–H and O–H groups in total. The molecular weight excluding hydrogens is 380 g/mol. The molecule has 3 heterocycles. The van der Waals surface area contributed by atoms with Crippen LogP contribution in [0.2, 0.25) is 5.02 Å². The number of furan rings is 1. The van der Waals surface area contributed by atoms with Gasteiger partial charge in [0.15, 0.2) is 6.17 Å². The van der Waals surface area contributed by atoms with E-state index in [1.165, 1.54) is 10.4 Å². The third kappa shape index (κ3) is 2.95. The molecule has 2 atom stereocenters. The van der Waals surface area contributed by atoms with Gasteiger partial charge in [-0.2, -0.15) is 0 Å². The van der Waals surface area contributed by atoms with Crippen molar-refractivity contribution in [3.8, 4) is 11.3 Å². The lowest BCUT2D eigenvalue weighted by Gasteiger charge is -2.25. The lowest BCUT2D eigenvalue weighted by atomic mass is 9.88. The highest BCUT2D eigenvalue weighted by atomic mass is 35.5. The van der Waals surface area contributed by atoms with E-state index < -0.39 is 0 Å². The van der Waals surface area contributed by atoms with E-state index in [0.29, 0.717) is 16.7 Å². The van der Waals surface area contributed by atoms with Crippen molar-refractivity contribution in [2.45, 2.75) is 32.4 Å². The minimum Gasteiger partial charge on any atom is -0.457 e. The van der Waals surface area contributed by atoms with E-state index in [0.717, 1.165) is 41.2 Å². The summed E-state index contributed by atoms with van der Waals surface area (Å²) in [5, 5.41) is 8.13. The van der Waals surface area contributed by atoms with Crippen molar-refractivity contribution in [1.82, 2.24) is 5.32 Å². The Balaban J connectivity index is 1.45. The molecule has 3 aromatic rings. The summed E-state index contributed by atoms with van der Waals surface area (Å²) in [6.07, 6.45) is 2.83.